The number of hydrogen-bond acceptors (Lipinski definition) is 1. The van der Waals surface area contributed by atoms with Crippen molar-refractivity contribution in [3.8, 4) is 0 Å². The third kappa shape index (κ3) is 2.33. The Hall–Kier alpha value is -0.300. The molecule has 1 saturated heterocycles. The summed E-state index contributed by atoms with van der Waals surface area (Å²) in [5, 5.41) is 0. The summed E-state index contributed by atoms with van der Waals surface area (Å²) in [7, 11) is 0. The summed E-state index contributed by atoms with van der Waals surface area (Å²) >= 11 is 0. The Balaban J connectivity index is 2.20. The van der Waals surface area contributed by atoms with Crippen molar-refractivity contribution < 1.29 is 0 Å². The van der Waals surface area contributed by atoms with Crippen LogP contribution in [0, 0.1) is 5.92 Å². The van der Waals surface area contributed by atoms with Gasteiger partial charge in [-0.05, 0) is 25.3 Å². The summed E-state index contributed by atoms with van der Waals surface area (Å²) in [4.78, 5) is 2.56. The van der Waals surface area contributed by atoms with Crippen molar-refractivity contribution >= 4 is 0 Å². The van der Waals surface area contributed by atoms with E-state index in [2.05, 4.69) is 25.3 Å². The molecule has 1 unspecified atom stereocenters. The van der Waals surface area contributed by atoms with Crippen LogP contribution < -0.4 is 0 Å². The lowest BCUT2D eigenvalue weighted by Crippen LogP contribution is -2.48. The molecule has 0 aromatic heterocycles. The van der Waals surface area contributed by atoms with Crippen LogP contribution in [0.2, 0.25) is 0 Å². The average Bonchev–Trinajstić information content (AvgIpc) is 1.93. The first-order chi connectivity index (χ1) is 5.24. The second-order valence-electron chi connectivity index (χ2n) is 3.86. The summed E-state index contributed by atoms with van der Waals surface area (Å²) in [6, 6.07) is 0.815. The molecule has 0 saturated carbocycles. The highest BCUT2D eigenvalue weighted by Gasteiger charge is 2.26. The molecule has 1 aliphatic heterocycles. The maximum Gasteiger partial charge on any atom is 0.0142 e. The van der Waals surface area contributed by atoms with Gasteiger partial charge in [0.2, 0.25) is 0 Å². The lowest BCUT2D eigenvalue weighted by molar-refractivity contribution is 0.0790. The van der Waals surface area contributed by atoms with Gasteiger partial charge in [0.25, 0.3) is 0 Å². The third-order valence-corrected chi connectivity index (χ3v) is 2.30. The first-order valence-electron chi connectivity index (χ1n) is 4.59. The molecule has 1 nitrogen and oxygen atoms in total. The summed E-state index contributed by atoms with van der Waals surface area (Å²) in [5.41, 5.74) is 0. The van der Waals surface area contributed by atoms with Crippen molar-refractivity contribution in [2.75, 3.05) is 13.1 Å². The molecule has 0 amide bonds. The molecule has 0 bridgehead atoms. The van der Waals surface area contributed by atoms with Crippen LogP contribution in [-0.4, -0.2) is 24.0 Å². The van der Waals surface area contributed by atoms with Crippen molar-refractivity contribution in [3.05, 3.63) is 12.7 Å². The van der Waals surface area contributed by atoms with E-state index >= 15 is 0 Å². The van der Waals surface area contributed by atoms with Crippen LogP contribution in [0.1, 0.15) is 26.7 Å². The van der Waals surface area contributed by atoms with Crippen LogP contribution in [0.15, 0.2) is 12.7 Å². The monoisotopic (exact) mass is 153 g/mol. The standard InChI is InChI=1S/C10H19N/c1-4-5-10-6-7-11(10)8-9(2)3/h4,9-10H,1,5-8H2,2-3H3. The molecule has 1 heteroatoms. The van der Waals surface area contributed by atoms with Crippen LogP contribution >= 0.6 is 0 Å². The number of likely N-dealkylation sites (tertiary alicyclic amines) is 1. The van der Waals surface area contributed by atoms with E-state index in [0.717, 1.165) is 12.0 Å². The van der Waals surface area contributed by atoms with E-state index in [1.54, 1.807) is 0 Å². The molecule has 0 aromatic rings. The van der Waals surface area contributed by atoms with Gasteiger partial charge in [0.05, 0.1) is 0 Å². The molecule has 0 radical (unpaired) electrons. The zero-order chi connectivity index (χ0) is 8.27. The van der Waals surface area contributed by atoms with Crippen LogP contribution in [0.25, 0.3) is 0 Å². The highest BCUT2D eigenvalue weighted by Crippen LogP contribution is 2.21. The minimum Gasteiger partial charge on any atom is -0.300 e. The Bertz CT molecular complexity index is 129. The van der Waals surface area contributed by atoms with Crippen LogP contribution in [-0.2, 0) is 0 Å². The molecule has 0 N–H and O–H groups in total. The SMILES string of the molecule is C=CCC1CCN1CC(C)C. The molecule has 0 aliphatic carbocycles. The molecule has 1 rings (SSSR count). The summed E-state index contributed by atoms with van der Waals surface area (Å²) < 4.78 is 0. The first kappa shape index (κ1) is 8.79. The van der Waals surface area contributed by atoms with Gasteiger partial charge in [-0.2, -0.15) is 0 Å². The van der Waals surface area contributed by atoms with Crippen molar-refractivity contribution in [3.63, 3.8) is 0 Å². The quantitative estimate of drug-likeness (QED) is 0.560. The number of rotatable bonds is 4. The summed E-state index contributed by atoms with van der Waals surface area (Å²) in [6.07, 6.45) is 4.59. The van der Waals surface area contributed by atoms with E-state index in [9.17, 15) is 0 Å². The Morgan fingerprint density at radius 2 is 2.36 bits per heavy atom. The Kier molecular flexibility index (Phi) is 3.13. The fraction of sp³-hybridized carbons (Fsp3) is 0.800. The van der Waals surface area contributed by atoms with Crippen LogP contribution in [0.4, 0.5) is 0 Å². The second-order valence-corrected chi connectivity index (χ2v) is 3.86. The van der Waals surface area contributed by atoms with Crippen molar-refractivity contribution in [1.82, 2.24) is 4.90 Å². The number of nitrogens with zero attached hydrogens (tertiary/aromatic N) is 1. The van der Waals surface area contributed by atoms with Gasteiger partial charge in [0, 0.05) is 12.6 Å². The van der Waals surface area contributed by atoms with E-state index in [-0.39, 0.29) is 0 Å². The van der Waals surface area contributed by atoms with Gasteiger partial charge in [0.15, 0.2) is 0 Å². The highest BCUT2D eigenvalue weighted by molar-refractivity contribution is 4.88. The molecule has 64 valence electrons. The molecular weight excluding hydrogens is 134 g/mol. The van der Waals surface area contributed by atoms with Crippen LogP contribution in [0.3, 0.4) is 0 Å². The average molecular weight is 153 g/mol. The first-order valence-corrected chi connectivity index (χ1v) is 4.59. The Morgan fingerprint density at radius 3 is 2.73 bits per heavy atom. The van der Waals surface area contributed by atoms with Gasteiger partial charge in [-0.15, -0.1) is 6.58 Å². The van der Waals surface area contributed by atoms with E-state index in [1.165, 1.54) is 25.9 Å². The van der Waals surface area contributed by atoms with Gasteiger partial charge in [-0.25, -0.2) is 0 Å². The third-order valence-electron chi connectivity index (χ3n) is 2.30. The Morgan fingerprint density at radius 1 is 1.64 bits per heavy atom. The van der Waals surface area contributed by atoms with Gasteiger partial charge >= 0.3 is 0 Å². The van der Waals surface area contributed by atoms with Crippen molar-refractivity contribution in [2.45, 2.75) is 32.7 Å². The predicted molar refractivity (Wildman–Crippen MR) is 49.6 cm³/mol. The Labute approximate surface area is 70.1 Å². The van der Waals surface area contributed by atoms with E-state index in [4.69, 9.17) is 0 Å². The molecule has 1 fully saturated rings. The second kappa shape index (κ2) is 3.91. The maximum absolute atomic E-state index is 3.77. The lowest BCUT2D eigenvalue weighted by atomic mass is 9.98. The normalized spacial score (nSPS) is 25.2. The van der Waals surface area contributed by atoms with E-state index in [0.29, 0.717) is 0 Å². The largest absolute Gasteiger partial charge is 0.300 e. The minimum atomic E-state index is 0.808. The maximum atomic E-state index is 3.77. The van der Waals surface area contributed by atoms with Gasteiger partial charge in [-0.1, -0.05) is 19.9 Å². The molecule has 11 heavy (non-hydrogen) atoms. The summed E-state index contributed by atoms with van der Waals surface area (Å²) in [6.45, 7) is 10.9. The van der Waals surface area contributed by atoms with Gasteiger partial charge in [0.1, 0.15) is 0 Å². The lowest BCUT2D eigenvalue weighted by Gasteiger charge is -2.41. The highest BCUT2D eigenvalue weighted by atomic mass is 15.2. The van der Waals surface area contributed by atoms with Crippen LogP contribution in [0.5, 0.6) is 0 Å². The smallest absolute Gasteiger partial charge is 0.0142 e. The van der Waals surface area contributed by atoms with E-state index in [1.807, 2.05) is 6.08 Å². The topological polar surface area (TPSA) is 3.24 Å². The predicted octanol–water partition coefficient (Wildman–Crippen LogP) is 2.29. The van der Waals surface area contributed by atoms with Crippen molar-refractivity contribution in [2.24, 2.45) is 5.92 Å². The van der Waals surface area contributed by atoms with Crippen molar-refractivity contribution in [1.29, 1.82) is 0 Å². The van der Waals surface area contributed by atoms with Gasteiger partial charge < -0.3 is 0 Å². The molecule has 1 atom stereocenters. The number of hydrogen-bond donors (Lipinski definition) is 0. The zero-order valence-corrected chi connectivity index (χ0v) is 7.71. The minimum absolute atomic E-state index is 0.808. The molecule has 0 aromatic carbocycles. The van der Waals surface area contributed by atoms with E-state index < -0.39 is 0 Å². The fourth-order valence-electron chi connectivity index (χ4n) is 1.66. The molecular formula is C10H19N. The molecule has 0 spiro atoms. The fourth-order valence-corrected chi connectivity index (χ4v) is 1.66. The molecule has 1 aliphatic rings. The van der Waals surface area contributed by atoms with Gasteiger partial charge in [-0.3, -0.25) is 4.90 Å². The zero-order valence-electron chi connectivity index (χ0n) is 7.71. The molecule has 1 heterocycles. The summed E-state index contributed by atoms with van der Waals surface area (Å²) in [5.74, 6) is 0.808.